The lowest BCUT2D eigenvalue weighted by Gasteiger charge is -2.27. The molecule has 1 aromatic carbocycles. The Kier molecular flexibility index (Phi) is 4.69. The first-order valence-corrected chi connectivity index (χ1v) is 7.51. The topological polar surface area (TPSA) is 12.0 Å². The van der Waals surface area contributed by atoms with Crippen molar-refractivity contribution in [1.82, 2.24) is 5.32 Å². The lowest BCUT2D eigenvalue weighted by molar-refractivity contribution is 0.373. The summed E-state index contributed by atoms with van der Waals surface area (Å²) in [5, 5.41) is 4.57. The molecular formula is C16H24ClN. The lowest BCUT2D eigenvalue weighted by Crippen LogP contribution is -2.27. The van der Waals surface area contributed by atoms with Crippen LogP contribution < -0.4 is 5.32 Å². The molecule has 2 heteroatoms. The third kappa shape index (κ3) is 2.89. The Hall–Kier alpha value is -0.530. The van der Waals surface area contributed by atoms with E-state index in [1.165, 1.54) is 42.4 Å². The van der Waals surface area contributed by atoms with Gasteiger partial charge in [-0.2, -0.15) is 0 Å². The van der Waals surface area contributed by atoms with Crippen molar-refractivity contribution in [3.63, 3.8) is 0 Å². The summed E-state index contributed by atoms with van der Waals surface area (Å²) in [5.41, 5.74) is 3.97. The Morgan fingerprint density at radius 3 is 2.50 bits per heavy atom. The van der Waals surface area contributed by atoms with Gasteiger partial charge in [-0.1, -0.05) is 37.4 Å². The summed E-state index contributed by atoms with van der Waals surface area (Å²) in [5.74, 6) is 0.796. The van der Waals surface area contributed by atoms with Gasteiger partial charge in [0.05, 0.1) is 0 Å². The van der Waals surface area contributed by atoms with E-state index in [2.05, 4.69) is 38.2 Å². The molecule has 18 heavy (non-hydrogen) atoms. The average Bonchev–Trinajstić information content (AvgIpc) is 2.85. The minimum Gasteiger partial charge on any atom is -0.310 e. The standard InChI is InChI=1S/C16H24ClN/c1-4-18-16(13-7-5-6-8-13)14-9-12(3)15(17)10-11(14)2/h9-10,13,16,18H,4-8H2,1-3H3. The second-order valence-corrected chi connectivity index (χ2v) is 5.95. The van der Waals surface area contributed by atoms with Gasteiger partial charge >= 0.3 is 0 Å². The van der Waals surface area contributed by atoms with Gasteiger partial charge in [0, 0.05) is 11.1 Å². The van der Waals surface area contributed by atoms with E-state index in [1.54, 1.807) is 0 Å². The minimum atomic E-state index is 0.508. The lowest BCUT2D eigenvalue weighted by atomic mass is 9.88. The minimum absolute atomic E-state index is 0.508. The first kappa shape index (κ1) is 13.9. The number of aryl methyl sites for hydroxylation is 2. The van der Waals surface area contributed by atoms with Crippen molar-refractivity contribution in [2.24, 2.45) is 5.92 Å². The number of hydrogen-bond acceptors (Lipinski definition) is 1. The molecule has 1 N–H and O–H groups in total. The van der Waals surface area contributed by atoms with Crippen molar-refractivity contribution in [2.75, 3.05) is 6.54 Å². The third-order valence-corrected chi connectivity index (χ3v) is 4.58. The average molecular weight is 266 g/mol. The van der Waals surface area contributed by atoms with Crippen LogP contribution in [0.25, 0.3) is 0 Å². The maximum atomic E-state index is 6.21. The van der Waals surface area contributed by atoms with Gasteiger partial charge in [-0.15, -0.1) is 0 Å². The summed E-state index contributed by atoms with van der Waals surface area (Å²) >= 11 is 6.21. The monoisotopic (exact) mass is 265 g/mol. The summed E-state index contributed by atoms with van der Waals surface area (Å²) in [6.45, 7) is 7.51. The molecule has 1 unspecified atom stereocenters. The maximum Gasteiger partial charge on any atom is 0.0438 e. The van der Waals surface area contributed by atoms with Crippen LogP contribution in [0.4, 0.5) is 0 Å². The van der Waals surface area contributed by atoms with E-state index in [1.807, 2.05) is 0 Å². The predicted molar refractivity (Wildman–Crippen MR) is 79.3 cm³/mol. The van der Waals surface area contributed by atoms with E-state index >= 15 is 0 Å². The van der Waals surface area contributed by atoms with Crippen LogP contribution in [-0.4, -0.2) is 6.54 Å². The molecule has 1 nitrogen and oxygen atoms in total. The Morgan fingerprint density at radius 1 is 1.22 bits per heavy atom. The number of benzene rings is 1. The Bertz CT molecular complexity index is 408. The largest absolute Gasteiger partial charge is 0.310 e. The molecule has 1 atom stereocenters. The highest BCUT2D eigenvalue weighted by molar-refractivity contribution is 6.31. The molecule has 0 saturated heterocycles. The van der Waals surface area contributed by atoms with Crippen molar-refractivity contribution in [3.8, 4) is 0 Å². The molecule has 1 fully saturated rings. The molecule has 1 aromatic rings. The zero-order valence-electron chi connectivity index (χ0n) is 11.7. The molecular weight excluding hydrogens is 242 g/mol. The molecule has 0 aromatic heterocycles. The predicted octanol–water partition coefficient (Wildman–Crippen LogP) is 4.80. The number of rotatable bonds is 4. The van der Waals surface area contributed by atoms with Crippen LogP contribution in [0.1, 0.15) is 55.3 Å². The molecule has 0 radical (unpaired) electrons. The van der Waals surface area contributed by atoms with E-state index in [-0.39, 0.29) is 0 Å². The number of halogens is 1. The highest BCUT2D eigenvalue weighted by Gasteiger charge is 2.26. The highest BCUT2D eigenvalue weighted by atomic mass is 35.5. The van der Waals surface area contributed by atoms with E-state index < -0.39 is 0 Å². The van der Waals surface area contributed by atoms with Gasteiger partial charge in [-0.3, -0.25) is 0 Å². The fourth-order valence-corrected chi connectivity index (χ4v) is 3.40. The molecule has 0 amide bonds. The Morgan fingerprint density at radius 2 is 1.89 bits per heavy atom. The molecule has 0 bridgehead atoms. The molecule has 0 heterocycles. The molecule has 1 saturated carbocycles. The van der Waals surface area contributed by atoms with E-state index in [4.69, 9.17) is 11.6 Å². The van der Waals surface area contributed by atoms with Gasteiger partial charge in [0.15, 0.2) is 0 Å². The van der Waals surface area contributed by atoms with E-state index in [0.29, 0.717) is 6.04 Å². The van der Waals surface area contributed by atoms with Gasteiger partial charge in [0.1, 0.15) is 0 Å². The summed E-state index contributed by atoms with van der Waals surface area (Å²) in [6.07, 6.45) is 5.49. The van der Waals surface area contributed by atoms with Crippen LogP contribution in [0, 0.1) is 19.8 Å². The van der Waals surface area contributed by atoms with E-state index in [0.717, 1.165) is 17.5 Å². The Balaban J connectivity index is 2.32. The quantitative estimate of drug-likeness (QED) is 0.825. The van der Waals surface area contributed by atoms with Crippen molar-refractivity contribution in [3.05, 3.63) is 33.8 Å². The fourth-order valence-electron chi connectivity index (χ4n) is 3.18. The van der Waals surface area contributed by atoms with Gasteiger partial charge in [-0.25, -0.2) is 0 Å². The van der Waals surface area contributed by atoms with Crippen LogP contribution >= 0.6 is 11.6 Å². The summed E-state index contributed by atoms with van der Waals surface area (Å²) < 4.78 is 0. The van der Waals surface area contributed by atoms with Crippen molar-refractivity contribution >= 4 is 11.6 Å². The molecule has 2 rings (SSSR count). The summed E-state index contributed by atoms with van der Waals surface area (Å²) in [6, 6.07) is 4.91. The zero-order valence-corrected chi connectivity index (χ0v) is 12.5. The van der Waals surface area contributed by atoms with Crippen molar-refractivity contribution < 1.29 is 0 Å². The van der Waals surface area contributed by atoms with Crippen molar-refractivity contribution in [1.29, 1.82) is 0 Å². The third-order valence-electron chi connectivity index (χ3n) is 4.18. The normalized spacial score (nSPS) is 18.2. The Labute approximate surface area is 116 Å². The molecule has 100 valence electrons. The summed E-state index contributed by atoms with van der Waals surface area (Å²) in [7, 11) is 0. The number of nitrogens with one attached hydrogen (secondary N) is 1. The van der Waals surface area contributed by atoms with Crippen LogP contribution in [0.3, 0.4) is 0 Å². The van der Waals surface area contributed by atoms with Crippen LogP contribution in [0.2, 0.25) is 5.02 Å². The SMILES string of the molecule is CCNC(c1cc(C)c(Cl)cc1C)C1CCCC1. The van der Waals surface area contributed by atoms with Crippen LogP contribution in [0.5, 0.6) is 0 Å². The molecule has 1 aliphatic rings. The second kappa shape index (κ2) is 6.08. The number of hydrogen-bond donors (Lipinski definition) is 1. The first-order valence-electron chi connectivity index (χ1n) is 7.13. The van der Waals surface area contributed by atoms with Crippen LogP contribution in [-0.2, 0) is 0 Å². The highest BCUT2D eigenvalue weighted by Crippen LogP contribution is 2.37. The van der Waals surface area contributed by atoms with Gasteiger partial charge < -0.3 is 5.32 Å². The van der Waals surface area contributed by atoms with Gasteiger partial charge in [0.25, 0.3) is 0 Å². The first-order chi connectivity index (χ1) is 8.63. The smallest absolute Gasteiger partial charge is 0.0438 e. The summed E-state index contributed by atoms with van der Waals surface area (Å²) in [4.78, 5) is 0. The fraction of sp³-hybridized carbons (Fsp3) is 0.625. The molecule has 0 spiro atoms. The van der Waals surface area contributed by atoms with Crippen molar-refractivity contribution in [2.45, 2.75) is 52.5 Å². The van der Waals surface area contributed by atoms with E-state index in [9.17, 15) is 0 Å². The molecule has 1 aliphatic carbocycles. The second-order valence-electron chi connectivity index (χ2n) is 5.54. The van der Waals surface area contributed by atoms with Gasteiger partial charge in [-0.05, 0) is 61.9 Å². The molecule has 0 aliphatic heterocycles. The maximum absolute atomic E-state index is 6.21. The zero-order chi connectivity index (χ0) is 13.1. The van der Waals surface area contributed by atoms with Crippen LogP contribution in [0.15, 0.2) is 12.1 Å². The van der Waals surface area contributed by atoms with Gasteiger partial charge in [0.2, 0.25) is 0 Å².